The van der Waals surface area contributed by atoms with Gasteiger partial charge in [-0.3, -0.25) is 0 Å². The Labute approximate surface area is 118 Å². The van der Waals surface area contributed by atoms with Crippen LogP contribution in [0.15, 0.2) is 57.7 Å². The second kappa shape index (κ2) is 4.98. The molecule has 20 heavy (non-hydrogen) atoms. The van der Waals surface area contributed by atoms with Crippen LogP contribution in [0.2, 0.25) is 5.02 Å². The molecule has 1 heterocycles. The fourth-order valence-corrected chi connectivity index (χ4v) is 2.12. The van der Waals surface area contributed by atoms with Gasteiger partial charge in [0.05, 0.1) is 10.7 Å². The van der Waals surface area contributed by atoms with E-state index in [1.54, 1.807) is 18.2 Å². The first-order valence-electron chi connectivity index (χ1n) is 5.88. The van der Waals surface area contributed by atoms with E-state index >= 15 is 0 Å². The van der Waals surface area contributed by atoms with Gasteiger partial charge in [-0.25, -0.2) is 9.18 Å². The number of hydrogen-bond acceptors (Lipinski definition) is 3. The smallest absolute Gasteiger partial charge is 0.338 e. The Morgan fingerprint density at radius 1 is 1.10 bits per heavy atom. The summed E-state index contributed by atoms with van der Waals surface area (Å²) in [5, 5.41) is 3.82. The molecule has 3 nitrogen and oxygen atoms in total. The van der Waals surface area contributed by atoms with Crippen molar-refractivity contribution < 1.29 is 8.81 Å². The van der Waals surface area contributed by atoms with Crippen molar-refractivity contribution in [3.8, 4) is 0 Å². The first-order chi connectivity index (χ1) is 9.63. The molecule has 0 fully saturated rings. The van der Waals surface area contributed by atoms with Crippen molar-refractivity contribution in [3.63, 3.8) is 0 Å². The second-order valence-corrected chi connectivity index (χ2v) is 4.64. The minimum atomic E-state index is -0.491. The van der Waals surface area contributed by atoms with Crippen LogP contribution in [-0.2, 0) is 0 Å². The van der Waals surface area contributed by atoms with Crippen LogP contribution in [0.4, 0.5) is 15.8 Å². The molecule has 0 bridgehead atoms. The van der Waals surface area contributed by atoms with Crippen molar-refractivity contribution in [2.45, 2.75) is 0 Å². The van der Waals surface area contributed by atoms with Crippen LogP contribution < -0.4 is 10.9 Å². The van der Waals surface area contributed by atoms with Crippen LogP contribution in [-0.4, -0.2) is 0 Å². The zero-order valence-corrected chi connectivity index (χ0v) is 10.9. The topological polar surface area (TPSA) is 42.2 Å². The highest BCUT2D eigenvalue weighted by atomic mass is 35.5. The molecular formula is C15H9ClFNO2. The van der Waals surface area contributed by atoms with Crippen molar-refractivity contribution in [3.05, 3.63) is 69.8 Å². The monoisotopic (exact) mass is 289 g/mol. The summed E-state index contributed by atoms with van der Waals surface area (Å²) in [6.07, 6.45) is 0. The number of rotatable bonds is 2. The van der Waals surface area contributed by atoms with Gasteiger partial charge < -0.3 is 9.73 Å². The number of anilines is 2. The normalized spacial score (nSPS) is 10.7. The number of hydrogen-bond donors (Lipinski definition) is 1. The highest BCUT2D eigenvalue weighted by Gasteiger charge is 2.06. The van der Waals surface area contributed by atoms with Crippen molar-refractivity contribution in [2.24, 2.45) is 0 Å². The number of benzene rings is 2. The summed E-state index contributed by atoms with van der Waals surface area (Å²) < 4.78 is 18.2. The van der Waals surface area contributed by atoms with Gasteiger partial charge in [-0.1, -0.05) is 23.7 Å². The van der Waals surface area contributed by atoms with Gasteiger partial charge in [-0.15, -0.1) is 0 Å². The fraction of sp³-hybridized carbons (Fsp3) is 0. The van der Waals surface area contributed by atoms with E-state index in [0.29, 0.717) is 17.0 Å². The van der Waals surface area contributed by atoms with E-state index in [1.807, 2.05) is 12.1 Å². The number of nitrogens with one attached hydrogen (secondary N) is 1. The van der Waals surface area contributed by atoms with E-state index in [-0.39, 0.29) is 5.02 Å². The molecule has 1 N–H and O–H groups in total. The Kier molecular flexibility index (Phi) is 3.16. The van der Waals surface area contributed by atoms with E-state index in [9.17, 15) is 9.18 Å². The molecule has 2 aromatic carbocycles. The molecule has 100 valence electrons. The first-order valence-corrected chi connectivity index (χ1v) is 6.26. The molecule has 1 aromatic heterocycles. The molecule has 0 amide bonds. The zero-order chi connectivity index (χ0) is 14.1. The molecule has 0 unspecified atom stereocenters. The fourth-order valence-electron chi connectivity index (χ4n) is 1.94. The van der Waals surface area contributed by atoms with Gasteiger partial charge in [0.25, 0.3) is 0 Å². The van der Waals surface area contributed by atoms with Crippen LogP contribution in [0.5, 0.6) is 0 Å². The van der Waals surface area contributed by atoms with Gasteiger partial charge in [0.15, 0.2) is 0 Å². The third kappa shape index (κ3) is 2.38. The summed E-state index contributed by atoms with van der Waals surface area (Å²) >= 11 is 5.73. The summed E-state index contributed by atoms with van der Waals surface area (Å²) in [7, 11) is 0. The maximum absolute atomic E-state index is 13.1. The molecule has 3 aromatic rings. The van der Waals surface area contributed by atoms with Crippen LogP contribution in [0.25, 0.3) is 11.0 Å². The van der Waals surface area contributed by atoms with E-state index in [4.69, 9.17) is 16.0 Å². The molecule has 0 radical (unpaired) electrons. The minimum Gasteiger partial charge on any atom is -0.423 e. The van der Waals surface area contributed by atoms with Crippen LogP contribution in [0.3, 0.4) is 0 Å². The lowest BCUT2D eigenvalue weighted by molar-refractivity contribution is 0.561. The molecule has 0 spiro atoms. The average Bonchev–Trinajstić information content (AvgIpc) is 2.43. The van der Waals surface area contributed by atoms with E-state index in [0.717, 1.165) is 5.39 Å². The van der Waals surface area contributed by atoms with E-state index in [1.165, 1.54) is 18.2 Å². The van der Waals surface area contributed by atoms with Crippen molar-refractivity contribution in [1.29, 1.82) is 0 Å². The average molecular weight is 290 g/mol. The zero-order valence-electron chi connectivity index (χ0n) is 10.2. The third-order valence-electron chi connectivity index (χ3n) is 2.85. The number of fused-ring (bicyclic) bond motifs is 1. The Bertz CT molecular complexity index is 845. The predicted molar refractivity (Wildman–Crippen MR) is 77.2 cm³/mol. The van der Waals surface area contributed by atoms with Gasteiger partial charge in [-0.2, -0.15) is 0 Å². The summed E-state index contributed by atoms with van der Waals surface area (Å²) in [4.78, 5) is 11.5. The van der Waals surface area contributed by atoms with Crippen LogP contribution >= 0.6 is 11.6 Å². The van der Waals surface area contributed by atoms with Crippen LogP contribution in [0.1, 0.15) is 0 Å². The quantitative estimate of drug-likeness (QED) is 0.714. The summed E-state index contributed by atoms with van der Waals surface area (Å²) in [6.45, 7) is 0. The molecule has 0 aliphatic carbocycles. The van der Waals surface area contributed by atoms with Crippen molar-refractivity contribution in [1.82, 2.24) is 0 Å². The lowest BCUT2D eigenvalue weighted by Crippen LogP contribution is -2.01. The van der Waals surface area contributed by atoms with Gasteiger partial charge >= 0.3 is 5.63 Å². The van der Waals surface area contributed by atoms with Crippen molar-refractivity contribution in [2.75, 3.05) is 5.32 Å². The predicted octanol–water partition coefficient (Wildman–Crippen LogP) is 4.33. The van der Waals surface area contributed by atoms with E-state index in [2.05, 4.69) is 5.32 Å². The molecular weight excluding hydrogens is 281 g/mol. The van der Waals surface area contributed by atoms with Crippen molar-refractivity contribution >= 4 is 33.9 Å². The summed E-state index contributed by atoms with van der Waals surface area (Å²) in [5.41, 5.74) is 1.20. The second-order valence-electron chi connectivity index (χ2n) is 4.23. The molecule has 0 aliphatic heterocycles. The molecule has 0 atom stereocenters. The highest BCUT2D eigenvalue weighted by molar-refractivity contribution is 6.31. The number of para-hydroxylation sites is 1. The van der Waals surface area contributed by atoms with E-state index < -0.39 is 11.4 Å². The van der Waals surface area contributed by atoms with Gasteiger partial charge in [0.1, 0.15) is 11.4 Å². The van der Waals surface area contributed by atoms with Crippen LogP contribution in [0, 0.1) is 5.82 Å². The Morgan fingerprint density at radius 3 is 2.70 bits per heavy atom. The molecule has 5 heteroatoms. The maximum Gasteiger partial charge on any atom is 0.338 e. The van der Waals surface area contributed by atoms with Gasteiger partial charge in [0.2, 0.25) is 0 Å². The largest absolute Gasteiger partial charge is 0.423 e. The first kappa shape index (κ1) is 12.7. The Hall–Kier alpha value is -2.33. The Balaban J connectivity index is 2.10. The molecule has 0 aliphatic rings. The van der Waals surface area contributed by atoms with Gasteiger partial charge in [0, 0.05) is 17.1 Å². The standard InChI is InChI=1S/C15H9ClFNO2/c16-11-7-9(5-6-12(11)17)18-13-8-15(19)20-14-4-2-1-3-10(13)14/h1-8,18H. The maximum atomic E-state index is 13.1. The lowest BCUT2D eigenvalue weighted by Gasteiger charge is -2.09. The molecule has 0 saturated carbocycles. The molecule has 3 rings (SSSR count). The number of halogens is 2. The SMILES string of the molecule is O=c1cc(Nc2ccc(F)c(Cl)c2)c2ccccc2o1. The lowest BCUT2D eigenvalue weighted by atomic mass is 10.2. The highest BCUT2D eigenvalue weighted by Crippen LogP contribution is 2.26. The van der Waals surface area contributed by atoms with Gasteiger partial charge in [-0.05, 0) is 30.3 Å². The summed E-state index contributed by atoms with van der Waals surface area (Å²) in [6, 6.07) is 12.8. The third-order valence-corrected chi connectivity index (χ3v) is 3.14. The Morgan fingerprint density at radius 2 is 1.90 bits per heavy atom. The minimum absolute atomic E-state index is 0.0160. The molecule has 0 saturated heterocycles. The summed E-state index contributed by atoms with van der Waals surface area (Å²) in [5.74, 6) is -0.491.